The van der Waals surface area contributed by atoms with Crippen LogP contribution in [0.3, 0.4) is 0 Å². The topological polar surface area (TPSA) is 30.0 Å². The van der Waals surface area contributed by atoms with Crippen LogP contribution < -0.4 is 0 Å². The molecule has 2 nitrogen and oxygen atoms in total. The molecule has 0 aromatic carbocycles. The van der Waals surface area contributed by atoms with E-state index in [4.69, 9.17) is 0 Å². The second-order valence-corrected chi connectivity index (χ2v) is 5.43. The van der Waals surface area contributed by atoms with Crippen molar-refractivity contribution in [3.63, 3.8) is 0 Å². The minimum atomic E-state index is 0.373. The average Bonchev–Trinajstić information content (AvgIpc) is 2.69. The molecule has 0 bridgehead atoms. The number of ketones is 1. The Labute approximate surface area is 94.7 Å². The number of hydrogen-bond donors (Lipinski definition) is 0. The first-order chi connectivity index (χ1) is 7.18. The van der Waals surface area contributed by atoms with Crippen LogP contribution in [-0.4, -0.2) is 10.8 Å². The monoisotopic (exact) mass is 223 g/mol. The van der Waals surface area contributed by atoms with E-state index in [0.717, 1.165) is 18.5 Å². The minimum Gasteiger partial charge on any atom is -0.300 e. The molecule has 1 heterocycles. The summed E-state index contributed by atoms with van der Waals surface area (Å²) in [5, 5.41) is 2.10. The van der Waals surface area contributed by atoms with Gasteiger partial charge in [0.25, 0.3) is 0 Å². The van der Waals surface area contributed by atoms with E-state index in [9.17, 15) is 4.79 Å². The fraction of sp³-hybridized carbons (Fsp3) is 0.667. The quantitative estimate of drug-likeness (QED) is 0.770. The first-order valence-electron chi connectivity index (χ1n) is 5.58. The summed E-state index contributed by atoms with van der Waals surface area (Å²) in [4.78, 5) is 15.9. The molecule has 1 saturated carbocycles. The van der Waals surface area contributed by atoms with Crippen molar-refractivity contribution in [1.29, 1.82) is 0 Å². The molecule has 1 aromatic heterocycles. The Morgan fingerprint density at radius 1 is 1.53 bits per heavy atom. The number of nitrogens with zero attached hydrogens (tertiary/aromatic N) is 1. The first kappa shape index (κ1) is 10.8. The van der Waals surface area contributed by atoms with E-state index in [2.05, 4.69) is 24.2 Å². The van der Waals surface area contributed by atoms with Gasteiger partial charge < -0.3 is 0 Å². The summed E-state index contributed by atoms with van der Waals surface area (Å²) in [6, 6.07) is 0. The largest absolute Gasteiger partial charge is 0.300 e. The van der Waals surface area contributed by atoms with E-state index >= 15 is 0 Å². The zero-order chi connectivity index (χ0) is 10.8. The van der Waals surface area contributed by atoms with Crippen molar-refractivity contribution in [1.82, 2.24) is 4.98 Å². The number of thiazole rings is 1. The Kier molecular flexibility index (Phi) is 3.19. The highest BCUT2D eigenvalue weighted by molar-refractivity contribution is 7.07. The van der Waals surface area contributed by atoms with Crippen LogP contribution in [0.5, 0.6) is 0 Å². The van der Waals surface area contributed by atoms with Gasteiger partial charge in [0.1, 0.15) is 5.78 Å². The zero-order valence-electron chi connectivity index (χ0n) is 9.27. The van der Waals surface area contributed by atoms with Crippen molar-refractivity contribution in [3.05, 3.63) is 16.6 Å². The molecule has 0 saturated heterocycles. The van der Waals surface area contributed by atoms with E-state index in [0.29, 0.717) is 30.0 Å². The molecule has 15 heavy (non-hydrogen) atoms. The van der Waals surface area contributed by atoms with Gasteiger partial charge in [0, 0.05) is 24.1 Å². The van der Waals surface area contributed by atoms with E-state index < -0.39 is 0 Å². The number of hydrogen-bond acceptors (Lipinski definition) is 3. The molecule has 1 aliphatic carbocycles. The molecule has 1 aromatic rings. The SMILES string of the molecule is CC(C)C1CCC(=O)CC1c1cscn1. The molecule has 82 valence electrons. The standard InChI is InChI=1S/C12H17NOS/c1-8(2)10-4-3-9(14)5-11(10)12-6-15-7-13-12/h6-8,10-11H,3-5H2,1-2H3. The van der Waals surface area contributed by atoms with E-state index in [1.165, 1.54) is 0 Å². The number of carbonyl (C=O) groups is 1. The Morgan fingerprint density at radius 2 is 2.33 bits per heavy atom. The Balaban J connectivity index is 2.20. The minimum absolute atomic E-state index is 0.373. The van der Waals surface area contributed by atoms with Crippen LogP contribution in [0.25, 0.3) is 0 Å². The van der Waals surface area contributed by atoms with E-state index in [-0.39, 0.29) is 0 Å². The van der Waals surface area contributed by atoms with Crippen LogP contribution in [0.15, 0.2) is 10.9 Å². The Hall–Kier alpha value is -0.700. The van der Waals surface area contributed by atoms with Gasteiger partial charge in [-0.1, -0.05) is 13.8 Å². The van der Waals surface area contributed by atoms with Crippen molar-refractivity contribution in [2.75, 3.05) is 0 Å². The average molecular weight is 223 g/mol. The highest BCUT2D eigenvalue weighted by atomic mass is 32.1. The molecule has 0 amide bonds. The zero-order valence-corrected chi connectivity index (χ0v) is 10.1. The lowest BCUT2D eigenvalue weighted by Gasteiger charge is -2.32. The van der Waals surface area contributed by atoms with Gasteiger partial charge in [-0.2, -0.15) is 0 Å². The van der Waals surface area contributed by atoms with Crippen LogP contribution >= 0.6 is 11.3 Å². The lowest BCUT2D eigenvalue weighted by molar-refractivity contribution is -0.121. The molecule has 2 atom stereocenters. The molecule has 0 aliphatic heterocycles. The summed E-state index contributed by atoms with van der Waals surface area (Å²) >= 11 is 1.63. The van der Waals surface area contributed by atoms with Crippen molar-refractivity contribution >= 4 is 17.1 Å². The van der Waals surface area contributed by atoms with Gasteiger partial charge in [-0.3, -0.25) is 4.79 Å². The number of aromatic nitrogens is 1. The normalized spacial score (nSPS) is 27.3. The number of rotatable bonds is 2. The third-order valence-corrected chi connectivity index (χ3v) is 4.01. The summed E-state index contributed by atoms with van der Waals surface area (Å²) in [7, 11) is 0. The van der Waals surface area contributed by atoms with Gasteiger partial charge in [0.15, 0.2) is 0 Å². The van der Waals surface area contributed by atoms with Crippen LogP contribution in [0.4, 0.5) is 0 Å². The fourth-order valence-corrected chi connectivity index (χ4v) is 3.17. The van der Waals surface area contributed by atoms with Crippen molar-refractivity contribution < 1.29 is 4.79 Å². The lowest BCUT2D eigenvalue weighted by Crippen LogP contribution is -2.27. The second kappa shape index (κ2) is 4.44. The highest BCUT2D eigenvalue weighted by Gasteiger charge is 2.33. The molecular weight excluding hydrogens is 206 g/mol. The molecule has 0 spiro atoms. The maximum atomic E-state index is 11.5. The summed E-state index contributed by atoms with van der Waals surface area (Å²) in [5.74, 6) is 2.05. The maximum absolute atomic E-state index is 11.5. The third-order valence-electron chi connectivity index (χ3n) is 3.41. The summed E-state index contributed by atoms with van der Waals surface area (Å²) in [6.45, 7) is 4.50. The summed E-state index contributed by atoms with van der Waals surface area (Å²) < 4.78 is 0. The van der Waals surface area contributed by atoms with Gasteiger partial charge in [-0.05, 0) is 18.3 Å². The Morgan fingerprint density at radius 3 is 2.93 bits per heavy atom. The van der Waals surface area contributed by atoms with Crippen LogP contribution in [-0.2, 0) is 4.79 Å². The first-order valence-corrected chi connectivity index (χ1v) is 6.52. The molecule has 1 fully saturated rings. The predicted octanol–water partition coefficient (Wildman–Crippen LogP) is 3.25. The molecule has 1 aliphatic rings. The smallest absolute Gasteiger partial charge is 0.133 e. The third kappa shape index (κ3) is 2.28. The highest BCUT2D eigenvalue weighted by Crippen LogP contribution is 2.39. The van der Waals surface area contributed by atoms with Gasteiger partial charge in [0.2, 0.25) is 0 Å². The number of carbonyl (C=O) groups excluding carboxylic acids is 1. The number of Topliss-reactive ketones (excluding diaryl/α,β-unsaturated/α-hetero) is 1. The Bertz CT molecular complexity index is 331. The molecule has 2 unspecified atom stereocenters. The molecule has 0 N–H and O–H groups in total. The lowest BCUT2D eigenvalue weighted by atomic mass is 9.72. The van der Waals surface area contributed by atoms with Crippen LogP contribution in [0.2, 0.25) is 0 Å². The predicted molar refractivity (Wildman–Crippen MR) is 62.0 cm³/mol. The second-order valence-electron chi connectivity index (χ2n) is 4.71. The van der Waals surface area contributed by atoms with Crippen LogP contribution in [0, 0.1) is 11.8 Å². The van der Waals surface area contributed by atoms with Gasteiger partial charge >= 0.3 is 0 Å². The van der Waals surface area contributed by atoms with Gasteiger partial charge in [-0.15, -0.1) is 11.3 Å². The van der Waals surface area contributed by atoms with Crippen molar-refractivity contribution in [2.24, 2.45) is 11.8 Å². The fourth-order valence-electron chi connectivity index (χ4n) is 2.55. The molecular formula is C12H17NOS. The molecule has 3 heteroatoms. The summed E-state index contributed by atoms with van der Waals surface area (Å²) in [6.07, 6.45) is 2.51. The van der Waals surface area contributed by atoms with Crippen molar-refractivity contribution in [3.8, 4) is 0 Å². The molecule has 2 rings (SSSR count). The maximum Gasteiger partial charge on any atom is 0.133 e. The summed E-state index contributed by atoms with van der Waals surface area (Å²) in [5.41, 5.74) is 3.00. The van der Waals surface area contributed by atoms with E-state index in [1.807, 2.05) is 5.51 Å². The van der Waals surface area contributed by atoms with E-state index in [1.54, 1.807) is 11.3 Å². The van der Waals surface area contributed by atoms with Crippen molar-refractivity contribution in [2.45, 2.75) is 39.0 Å². The van der Waals surface area contributed by atoms with Gasteiger partial charge in [-0.25, -0.2) is 4.98 Å². The van der Waals surface area contributed by atoms with Gasteiger partial charge in [0.05, 0.1) is 11.2 Å². The molecule has 0 radical (unpaired) electrons. The van der Waals surface area contributed by atoms with Crippen LogP contribution in [0.1, 0.15) is 44.7 Å².